The summed E-state index contributed by atoms with van der Waals surface area (Å²) >= 11 is 0. The Morgan fingerprint density at radius 3 is 1.67 bits per heavy atom. The van der Waals surface area contributed by atoms with Gasteiger partial charge in [0.1, 0.15) is 11.6 Å². The first kappa shape index (κ1) is 9.97. The molecule has 0 heterocycles. The first-order valence-corrected chi connectivity index (χ1v) is 9.02. The molecular formula is C19H18O2. The predicted octanol–water partition coefficient (Wildman–Crippen LogP) is 2.09. The van der Waals surface area contributed by atoms with Crippen LogP contribution in [-0.4, -0.2) is 11.6 Å². The van der Waals surface area contributed by atoms with Gasteiger partial charge in [0.15, 0.2) is 0 Å². The summed E-state index contributed by atoms with van der Waals surface area (Å²) in [6.07, 6.45) is 8.66. The third-order valence-electron chi connectivity index (χ3n) is 10.2. The van der Waals surface area contributed by atoms with E-state index in [-0.39, 0.29) is 22.7 Å². The van der Waals surface area contributed by atoms with Crippen LogP contribution in [0.25, 0.3) is 0 Å². The third kappa shape index (κ3) is 0.534. The minimum absolute atomic E-state index is 0.172. The molecule has 2 nitrogen and oxygen atoms in total. The molecular weight excluding hydrogens is 260 g/mol. The van der Waals surface area contributed by atoms with E-state index in [1.54, 1.807) is 0 Å². The Hall–Kier alpha value is -0.920. The molecule has 9 aliphatic carbocycles. The van der Waals surface area contributed by atoms with Crippen molar-refractivity contribution in [2.75, 3.05) is 0 Å². The maximum Gasteiger partial charge on any atom is 0.145 e. The van der Waals surface area contributed by atoms with Crippen molar-refractivity contribution in [1.29, 1.82) is 0 Å². The van der Waals surface area contributed by atoms with Gasteiger partial charge < -0.3 is 0 Å². The second-order valence-corrected chi connectivity index (χ2v) is 9.47. The van der Waals surface area contributed by atoms with Crippen molar-refractivity contribution in [3.8, 4) is 0 Å². The molecule has 9 aliphatic rings. The molecule has 9 rings (SSSR count). The lowest BCUT2D eigenvalue weighted by atomic mass is 9.24. The van der Waals surface area contributed by atoms with Crippen molar-refractivity contribution < 1.29 is 9.59 Å². The van der Waals surface area contributed by atoms with Crippen LogP contribution in [0.2, 0.25) is 0 Å². The summed E-state index contributed by atoms with van der Waals surface area (Å²) in [5, 5.41) is 0. The molecule has 2 heteroatoms. The van der Waals surface area contributed by atoms with Gasteiger partial charge in [-0.2, -0.15) is 0 Å². The van der Waals surface area contributed by atoms with Crippen molar-refractivity contribution in [3.63, 3.8) is 0 Å². The van der Waals surface area contributed by atoms with Gasteiger partial charge in [-0.3, -0.25) is 9.59 Å². The number of ketones is 2. The minimum Gasteiger partial charge on any atom is -0.299 e. The van der Waals surface area contributed by atoms with Gasteiger partial charge in [-0.1, -0.05) is 12.2 Å². The Bertz CT molecular complexity index is 676. The van der Waals surface area contributed by atoms with E-state index in [9.17, 15) is 9.59 Å². The number of fused-ring (bicyclic) bond motifs is 1. The number of allylic oxidation sites excluding steroid dienone is 2. The SMILES string of the molecule is O=C1[C@@H]2[C@H]3C[C@H]4[C@@H]2C(=O)[C@]25[C@H]4[C@H]3[C@]12[C@@H]1C=C[C@H]5[C@H]2CC[C@H]21. The van der Waals surface area contributed by atoms with E-state index < -0.39 is 0 Å². The average Bonchev–Trinajstić information content (AvgIpc) is 2.95. The molecule has 4 bridgehead atoms. The maximum absolute atomic E-state index is 13.5. The Labute approximate surface area is 123 Å². The van der Waals surface area contributed by atoms with E-state index in [1.165, 1.54) is 19.3 Å². The van der Waals surface area contributed by atoms with Crippen LogP contribution in [0.1, 0.15) is 19.3 Å². The van der Waals surface area contributed by atoms with Crippen LogP contribution in [0.4, 0.5) is 0 Å². The van der Waals surface area contributed by atoms with E-state index in [0.29, 0.717) is 47.1 Å². The summed E-state index contributed by atoms with van der Waals surface area (Å²) in [5.74, 6) is 6.39. The van der Waals surface area contributed by atoms with Crippen LogP contribution < -0.4 is 0 Å². The average molecular weight is 278 g/mol. The molecule has 0 N–H and O–H groups in total. The molecule has 0 aromatic rings. The molecule has 21 heavy (non-hydrogen) atoms. The number of carbonyl (C=O) groups is 2. The van der Waals surface area contributed by atoms with Crippen LogP contribution in [0.3, 0.4) is 0 Å². The Morgan fingerprint density at radius 1 is 0.762 bits per heavy atom. The summed E-state index contributed by atoms with van der Waals surface area (Å²) < 4.78 is 0. The van der Waals surface area contributed by atoms with Crippen LogP contribution in [-0.2, 0) is 9.59 Å². The zero-order valence-corrected chi connectivity index (χ0v) is 11.9. The van der Waals surface area contributed by atoms with Crippen LogP contribution in [0.15, 0.2) is 12.2 Å². The molecule has 0 unspecified atom stereocenters. The summed E-state index contributed by atoms with van der Waals surface area (Å²) in [6.45, 7) is 0. The Kier molecular flexibility index (Phi) is 1.09. The van der Waals surface area contributed by atoms with Gasteiger partial charge in [-0.15, -0.1) is 0 Å². The molecule has 12 atom stereocenters. The van der Waals surface area contributed by atoms with Crippen molar-refractivity contribution in [2.24, 2.45) is 70.0 Å². The van der Waals surface area contributed by atoms with E-state index in [2.05, 4.69) is 12.2 Å². The molecule has 0 amide bonds. The van der Waals surface area contributed by atoms with Crippen LogP contribution >= 0.6 is 0 Å². The van der Waals surface area contributed by atoms with E-state index >= 15 is 0 Å². The fraction of sp³-hybridized carbons (Fsp3) is 0.789. The molecule has 7 fully saturated rings. The van der Waals surface area contributed by atoms with Gasteiger partial charge in [-0.25, -0.2) is 0 Å². The fourth-order valence-electron chi connectivity index (χ4n) is 10.4. The van der Waals surface area contributed by atoms with E-state index in [4.69, 9.17) is 0 Å². The highest BCUT2D eigenvalue weighted by molar-refractivity contribution is 6.12. The van der Waals surface area contributed by atoms with Crippen molar-refractivity contribution in [2.45, 2.75) is 19.3 Å². The van der Waals surface area contributed by atoms with Crippen LogP contribution in [0.5, 0.6) is 0 Å². The monoisotopic (exact) mass is 278 g/mol. The summed E-state index contributed by atoms with van der Waals surface area (Å²) in [6, 6.07) is 0. The van der Waals surface area contributed by atoms with Crippen molar-refractivity contribution >= 4 is 11.6 Å². The van der Waals surface area contributed by atoms with Crippen molar-refractivity contribution in [3.05, 3.63) is 12.2 Å². The first-order valence-electron chi connectivity index (χ1n) is 9.02. The van der Waals surface area contributed by atoms with Gasteiger partial charge in [0.05, 0.1) is 10.8 Å². The van der Waals surface area contributed by atoms with E-state index in [0.717, 1.165) is 11.8 Å². The van der Waals surface area contributed by atoms with Gasteiger partial charge in [0, 0.05) is 11.8 Å². The maximum atomic E-state index is 13.5. The summed E-state index contributed by atoms with van der Waals surface area (Å²) in [5.41, 5.74) is -0.348. The molecule has 7 saturated carbocycles. The number of hydrogen-bond acceptors (Lipinski definition) is 2. The molecule has 0 aliphatic heterocycles. The predicted molar refractivity (Wildman–Crippen MR) is 72.8 cm³/mol. The molecule has 0 aromatic heterocycles. The molecule has 0 saturated heterocycles. The van der Waals surface area contributed by atoms with Crippen molar-refractivity contribution in [1.82, 2.24) is 0 Å². The molecule has 106 valence electrons. The van der Waals surface area contributed by atoms with Gasteiger partial charge in [0.25, 0.3) is 0 Å². The second-order valence-electron chi connectivity index (χ2n) is 9.47. The second kappa shape index (κ2) is 2.30. The standard InChI is InChI=1S/C19H18O2/c20-16-12-8-5-9-13(12)17(21)19-11-4-3-10(6-1-2-7(6)11)18(16,19)14(8)15(9)19/h3-4,6-15H,1-2,5H2/t6-,7+,8-,9+,10-,11+,12-,13+,14+,15-,18-,19+. The van der Waals surface area contributed by atoms with Gasteiger partial charge in [-0.05, 0) is 66.6 Å². The number of hydrogen-bond donors (Lipinski definition) is 0. The smallest absolute Gasteiger partial charge is 0.145 e. The van der Waals surface area contributed by atoms with E-state index in [1.807, 2.05) is 0 Å². The van der Waals surface area contributed by atoms with Crippen LogP contribution in [0, 0.1) is 70.0 Å². The Balaban J connectivity index is 1.56. The quantitative estimate of drug-likeness (QED) is 0.636. The zero-order valence-electron chi connectivity index (χ0n) is 11.9. The minimum atomic E-state index is -0.174. The topological polar surface area (TPSA) is 34.1 Å². The number of Topliss-reactive ketones (excluding diaryl/α,β-unsaturated/α-hetero) is 2. The largest absolute Gasteiger partial charge is 0.299 e. The van der Waals surface area contributed by atoms with Gasteiger partial charge in [0.2, 0.25) is 0 Å². The molecule has 0 aromatic carbocycles. The highest BCUT2D eigenvalue weighted by atomic mass is 16.2. The fourth-order valence-corrected chi connectivity index (χ4v) is 10.4. The zero-order chi connectivity index (χ0) is 13.5. The highest BCUT2D eigenvalue weighted by Gasteiger charge is 2.99. The van der Waals surface area contributed by atoms with Gasteiger partial charge >= 0.3 is 0 Å². The normalized spacial score (nSPS) is 78.3. The summed E-state index contributed by atoms with van der Waals surface area (Å²) in [4.78, 5) is 27.0. The molecule has 2 spiro atoms. The Morgan fingerprint density at radius 2 is 1.24 bits per heavy atom. The summed E-state index contributed by atoms with van der Waals surface area (Å²) in [7, 11) is 0. The third-order valence-corrected chi connectivity index (χ3v) is 10.2. The lowest BCUT2D eigenvalue weighted by Crippen LogP contribution is -2.79. The first-order chi connectivity index (χ1) is 10.3. The molecule has 0 radical (unpaired) electrons. The lowest BCUT2D eigenvalue weighted by Gasteiger charge is -2.77. The number of rotatable bonds is 0. The number of carbonyl (C=O) groups excluding carboxylic acids is 2. The highest BCUT2D eigenvalue weighted by Crippen LogP contribution is 2.96. The lowest BCUT2D eigenvalue weighted by molar-refractivity contribution is -0.270.